The summed E-state index contributed by atoms with van der Waals surface area (Å²) in [6, 6.07) is 6.23. The van der Waals surface area contributed by atoms with Crippen molar-refractivity contribution in [1.82, 2.24) is 15.0 Å². The molecule has 0 saturated carbocycles. The predicted molar refractivity (Wildman–Crippen MR) is 86.7 cm³/mol. The minimum absolute atomic E-state index is 0.0694. The number of imide groups is 1. The number of ether oxygens (including phenoxy) is 1. The third-order valence-corrected chi connectivity index (χ3v) is 4.66. The zero-order valence-electron chi connectivity index (χ0n) is 14.1. The van der Waals surface area contributed by atoms with E-state index in [0.717, 1.165) is 12.8 Å². The van der Waals surface area contributed by atoms with Crippen molar-refractivity contribution in [2.75, 3.05) is 6.61 Å². The molecule has 0 radical (unpaired) electrons. The van der Waals surface area contributed by atoms with Gasteiger partial charge in [-0.25, -0.2) is 0 Å². The van der Waals surface area contributed by atoms with Crippen molar-refractivity contribution in [2.45, 2.75) is 38.8 Å². The number of carbonyl (C=O) groups excluding carboxylic acids is 2. The first-order valence-electron chi connectivity index (χ1n) is 8.50. The van der Waals surface area contributed by atoms with E-state index in [-0.39, 0.29) is 29.7 Å². The van der Waals surface area contributed by atoms with Crippen LogP contribution in [0.4, 0.5) is 0 Å². The topological polar surface area (TPSA) is 85.5 Å². The van der Waals surface area contributed by atoms with Gasteiger partial charge in [-0.3, -0.25) is 14.5 Å². The fraction of sp³-hybridized carbons (Fsp3) is 0.444. The normalized spacial score (nSPS) is 21.2. The monoisotopic (exact) mass is 341 g/mol. The predicted octanol–water partition coefficient (Wildman–Crippen LogP) is 2.91. The molecule has 7 heteroatoms. The Morgan fingerprint density at radius 2 is 1.84 bits per heavy atom. The van der Waals surface area contributed by atoms with Crippen LogP contribution in [0, 0.1) is 5.92 Å². The third kappa shape index (κ3) is 2.55. The van der Waals surface area contributed by atoms with Gasteiger partial charge in [0.25, 0.3) is 11.8 Å². The van der Waals surface area contributed by atoms with Crippen molar-refractivity contribution in [2.24, 2.45) is 5.92 Å². The van der Waals surface area contributed by atoms with E-state index in [4.69, 9.17) is 9.26 Å². The zero-order chi connectivity index (χ0) is 17.6. The summed E-state index contributed by atoms with van der Waals surface area (Å²) in [5.41, 5.74) is 0.828. The largest absolute Gasteiger partial charge is 0.370 e. The van der Waals surface area contributed by atoms with Crippen molar-refractivity contribution >= 4 is 11.8 Å². The van der Waals surface area contributed by atoms with Crippen LogP contribution < -0.4 is 0 Å². The number of carbonyl (C=O) groups is 2. The maximum absolute atomic E-state index is 12.8. The molecule has 3 heterocycles. The molecule has 2 aliphatic rings. The highest BCUT2D eigenvalue weighted by Gasteiger charge is 2.44. The maximum atomic E-state index is 12.8. The van der Waals surface area contributed by atoms with Gasteiger partial charge < -0.3 is 9.26 Å². The first-order valence-corrected chi connectivity index (χ1v) is 8.50. The van der Waals surface area contributed by atoms with Crippen molar-refractivity contribution in [3.05, 3.63) is 47.1 Å². The first kappa shape index (κ1) is 16.0. The summed E-state index contributed by atoms with van der Waals surface area (Å²) in [6.07, 6.45) is 1.63. The molecule has 1 aromatic heterocycles. The molecule has 0 N–H and O–H groups in total. The molecule has 1 aromatic carbocycles. The summed E-state index contributed by atoms with van der Waals surface area (Å²) in [5.74, 6) is 0.0390. The van der Waals surface area contributed by atoms with E-state index in [1.807, 2.05) is 13.8 Å². The summed E-state index contributed by atoms with van der Waals surface area (Å²) in [4.78, 5) is 31.2. The lowest BCUT2D eigenvalue weighted by atomic mass is 10.0. The van der Waals surface area contributed by atoms with Crippen LogP contribution in [0.25, 0.3) is 0 Å². The average Bonchev–Trinajstić information content (AvgIpc) is 3.32. The Labute approximate surface area is 145 Å². The summed E-state index contributed by atoms with van der Waals surface area (Å²) in [6.45, 7) is 4.52. The number of hydrogen-bond donors (Lipinski definition) is 0. The van der Waals surface area contributed by atoms with Crippen LogP contribution >= 0.6 is 0 Å². The molecule has 130 valence electrons. The number of amides is 2. The number of fused-ring (bicyclic) bond motifs is 1. The second kappa shape index (κ2) is 6.07. The number of nitrogens with zero attached hydrogens (tertiary/aromatic N) is 3. The molecule has 25 heavy (non-hydrogen) atoms. The quantitative estimate of drug-likeness (QED) is 0.795. The minimum Gasteiger partial charge on any atom is -0.370 e. The highest BCUT2D eigenvalue weighted by Crippen LogP contribution is 2.36. The van der Waals surface area contributed by atoms with E-state index in [0.29, 0.717) is 23.6 Å². The lowest BCUT2D eigenvalue weighted by Crippen LogP contribution is -2.37. The molecule has 0 spiro atoms. The van der Waals surface area contributed by atoms with Gasteiger partial charge in [0.2, 0.25) is 11.7 Å². The Kier molecular flexibility index (Phi) is 3.88. The molecular weight excluding hydrogens is 322 g/mol. The van der Waals surface area contributed by atoms with Crippen molar-refractivity contribution in [3.8, 4) is 0 Å². The summed E-state index contributed by atoms with van der Waals surface area (Å²) < 4.78 is 11.0. The van der Waals surface area contributed by atoms with Gasteiger partial charge in [0.15, 0.2) is 0 Å². The van der Waals surface area contributed by atoms with E-state index in [1.54, 1.807) is 24.3 Å². The van der Waals surface area contributed by atoms with Gasteiger partial charge in [-0.1, -0.05) is 31.1 Å². The molecule has 7 nitrogen and oxygen atoms in total. The van der Waals surface area contributed by atoms with Crippen molar-refractivity contribution < 1.29 is 18.8 Å². The Morgan fingerprint density at radius 1 is 1.16 bits per heavy atom. The van der Waals surface area contributed by atoms with E-state index in [1.165, 1.54) is 4.90 Å². The molecule has 0 bridgehead atoms. The SMILES string of the molecule is CC(C)C(c1nc(C2CCCO2)no1)N1C(=O)c2ccccc2C1=O. The van der Waals surface area contributed by atoms with E-state index in [9.17, 15) is 9.59 Å². The molecule has 1 saturated heterocycles. The van der Waals surface area contributed by atoms with Crippen molar-refractivity contribution in [3.63, 3.8) is 0 Å². The highest BCUT2D eigenvalue weighted by molar-refractivity contribution is 6.21. The van der Waals surface area contributed by atoms with Gasteiger partial charge >= 0.3 is 0 Å². The van der Waals surface area contributed by atoms with E-state index >= 15 is 0 Å². The van der Waals surface area contributed by atoms with Gasteiger partial charge in [-0.2, -0.15) is 4.98 Å². The van der Waals surface area contributed by atoms with E-state index in [2.05, 4.69) is 10.1 Å². The molecule has 2 unspecified atom stereocenters. The van der Waals surface area contributed by atoms with Crippen LogP contribution in [-0.4, -0.2) is 33.5 Å². The zero-order valence-corrected chi connectivity index (χ0v) is 14.1. The number of benzene rings is 1. The van der Waals surface area contributed by atoms with Gasteiger partial charge in [-0.05, 0) is 30.9 Å². The number of rotatable bonds is 4. The smallest absolute Gasteiger partial charge is 0.262 e. The summed E-state index contributed by atoms with van der Waals surface area (Å²) in [5, 5.41) is 4.01. The minimum atomic E-state index is -0.602. The van der Waals surface area contributed by atoms with Gasteiger partial charge in [0, 0.05) is 6.61 Å². The average molecular weight is 341 g/mol. The standard InChI is InChI=1S/C18H19N3O4/c1-10(2)14(16-19-15(20-25-16)13-8-5-9-24-13)21-17(22)11-6-3-4-7-12(11)18(21)23/h3-4,6-7,10,13-14H,5,8-9H2,1-2H3. The Bertz CT molecular complexity index is 788. The van der Waals surface area contributed by atoms with Crippen LogP contribution in [-0.2, 0) is 4.74 Å². The number of aromatic nitrogens is 2. The molecule has 1 fully saturated rings. The van der Waals surface area contributed by atoms with E-state index < -0.39 is 6.04 Å². The second-order valence-corrected chi connectivity index (χ2v) is 6.71. The van der Waals surface area contributed by atoms with Crippen LogP contribution in [0.3, 0.4) is 0 Å². The van der Waals surface area contributed by atoms with Crippen LogP contribution in [0.5, 0.6) is 0 Å². The lowest BCUT2D eigenvalue weighted by molar-refractivity contribution is 0.0497. The number of hydrogen-bond acceptors (Lipinski definition) is 6. The lowest BCUT2D eigenvalue weighted by Gasteiger charge is -2.26. The Morgan fingerprint density at radius 3 is 2.40 bits per heavy atom. The first-order chi connectivity index (χ1) is 12.1. The highest BCUT2D eigenvalue weighted by atomic mass is 16.5. The van der Waals surface area contributed by atoms with Crippen LogP contribution in [0.1, 0.15) is 71.3 Å². The van der Waals surface area contributed by atoms with Gasteiger partial charge in [-0.15, -0.1) is 0 Å². The Balaban J connectivity index is 1.69. The summed E-state index contributed by atoms with van der Waals surface area (Å²) >= 11 is 0. The Hall–Kier alpha value is -2.54. The van der Waals surface area contributed by atoms with Gasteiger partial charge in [0.05, 0.1) is 11.1 Å². The van der Waals surface area contributed by atoms with Gasteiger partial charge in [0.1, 0.15) is 12.1 Å². The van der Waals surface area contributed by atoms with Crippen LogP contribution in [0.15, 0.2) is 28.8 Å². The molecule has 2 aliphatic heterocycles. The molecule has 4 rings (SSSR count). The molecule has 2 amide bonds. The fourth-order valence-corrected chi connectivity index (χ4v) is 3.43. The van der Waals surface area contributed by atoms with Crippen molar-refractivity contribution in [1.29, 1.82) is 0 Å². The molecule has 2 aromatic rings. The fourth-order valence-electron chi connectivity index (χ4n) is 3.43. The maximum Gasteiger partial charge on any atom is 0.262 e. The second-order valence-electron chi connectivity index (χ2n) is 6.71. The summed E-state index contributed by atoms with van der Waals surface area (Å²) in [7, 11) is 0. The molecule has 0 aliphatic carbocycles. The van der Waals surface area contributed by atoms with Crippen LogP contribution in [0.2, 0.25) is 0 Å². The third-order valence-electron chi connectivity index (χ3n) is 4.66. The molecule has 2 atom stereocenters. The molecular formula is C18H19N3O4.